The van der Waals surface area contributed by atoms with Crippen molar-refractivity contribution in [3.63, 3.8) is 0 Å². The number of amides is 2. The normalized spacial score (nSPS) is 36.7. The fourth-order valence-corrected chi connectivity index (χ4v) is 2.45. The summed E-state index contributed by atoms with van der Waals surface area (Å²) in [4.78, 5) is 25.2. The molecule has 2 amide bonds. The van der Waals surface area contributed by atoms with E-state index in [1.165, 1.54) is 17.7 Å². The monoisotopic (exact) mass is 194 g/mol. The van der Waals surface area contributed by atoms with Gasteiger partial charge in [0, 0.05) is 19.6 Å². The van der Waals surface area contributed by atoms with Crippen molar-refractivity contribution < 1.29 is 9.59 Å². The van der Waals surface area contributed by atoms with E-state index in [0.29, 0.717) is 25.6 Å². The second-order valence-electron chi connectivity index (χ2n) is 4.60. The smallest absolute Gasteiger partial charge is 0.234 e. The van der Waals surface area contributed by atoms with Crippen LogP contribution in [0.5, 0.6) is 0 Å². The number of hydrogen-bond acceptors (Lipinski definition) is 3. The molecule has 0 bridgehead atoms. The van der Waals surface area contributed by atoms with Crippen molar-refractivity contribution in [1.29, 1.82) is 0 Å². The lowest BCUT2D eigenvalue weighted by molar-refractivity contribution is -0.140. The lowest BCUT2D eigenvalue weighted by Gasteiger charge is -2.14. The minimum Gasteiger partial charge on any atom is -0.315 e. The first-order chi connectivity index (χ1) is 6.77. The van der Waals surface area contributed by atoms with Crippen molar-refractivity contribution in [2.24, 2.45) is 17.8 Å². The third kappa shape index (κ3) is 1.10. The van der Waals surface area contributed by atoms with E-state index in [9.17, 15) is 9.59 Å². The van der Waals surface area contributed by atoms with Crippen LogP contribution in [0.25, 0.3) is 0 Å². The first kappa shape index (κ1) is 8.41. The Bertz CT molecular complexity index is 276. The van der Waals surface area contributed by atoms with Crippen molar-refractivity contribution in [3.05, 3.63) is 0 Å². The molecule has 1 aliphatic carbocycles. The Balaban J connectivity index is 1.78. The van der Waals surface area contributed by atoms with Gasteiger partial charge in [0.1, 0.15) is 0 Å². The number of nitrogens with one attached hydrogen (secondary N) is 1. The summed E-state index contributed by atoms with van der Waals surface area (Å²) >= 11 is 0. The molecule has 4 nitrogen and oxygen atoms in total. The quantitative estimate of drug-likeness (QED) is 0.609. The highest BCUT2D eigenvalue weighted by molar-refractivity contribution is 6.05. The van der Waals surface area contributed by atoms with Gasteiger partial charge in [0.25, 0.3) is 0 Å². The van der Waals surface area contributed by atoms with Crippen molar-refractivity contribution in [2.45, 2.75) is 12.8 Å². The van der Waals surface area contributed by atoms with Crippen LogP contribution in [0.15, 0.2) is 0 Å². The number of hydrogen-bond donors (Lipinski definition) is 1. The Hall–Kier alpha value is -0.900. The van der Waals surface area contributed by atoms with E-state index in [0.717, 1.165) is 0 Å². The summed E-state index contributed by atoms with van der Waals surface area (Å²) in [7, 11) is 0. The van der Waals surface area contributed by atoms with Gasteiger partial charge < -0.3 is 5.32 Å². The van der Waals surface area contributed by atoms with Gasteiger partial charge in [-0.25, -0.2) is 0 Å². The number of rotatable bonds is 2. The van der Waals surface area contributed by atoms with Gasteiger partial charge >= 0.3 is 0 Å². The zero-order valence-electron chi connectivity index (χ0n) is 8.03. The van der Waals surface area contributed by atoms with Crippen LogP contribution in [-0.2, 0) is 9.59 Å². The van der Waals surface area contributed by atoms with Gasteiger partial charge in [0.2, 0.25) is 11.8 Å². The van der Waals surface area contributed by atoms with E-state index >= 15 is 0 Å². The summed E-state index contributed by atoms with van der Waals surface area (Å²) < 4.78 is 0. The zero-order chi connectivity index (χ0) is 9.71. The summed E-state index contributed by atoms with van der Waals surface area (Å²) in [5.41, 5.74) is 0. The lowest BCUT2D eigenvalue weighted by atomic mass is 10.00. The van der Waals surface area contributed by atoms with Gasteiger partial charge in [-0.05, 0) is 18.8 Å². The summed E-state index contributed by atoms with van der Waals surface area (Å²) in [5.74, 6) is 0.631. The molecule has 2 aliphatic heterocycles. The van der Waals surface area contributed by atoms with E-state index in [1.54, 1.807) is 0 Å². The average molecular weight is 194 g/mol. The fraction of sp³-hybridized carbons (Fsp3) is 0.800. The van der Waals surface area contributed by atoms with E-state index in [2.05, 4.69) is 5.32 Å². The molecule has 3 fully saturated rings. The molecule has 0 aromatic carbocycles. The second-order valence-corrected chi connectivity index (χ2v) is 4.60. The number of imide groups is 1. The predicted octanol–water partition coefficient (Wildman–Crippen LogP) is -0.399. The minimum absolute atomic E-state index is 0.0544. The number of nitrogens with zero attached hydrogens (tertiary/aromatic N) is 1. The van der Waals surface area contributed by atoms with Crippen molar-refractivity contribution in [2.75, 3.05) is 19.6 Å². The Morgan fingerprint density at radius 1 is 1.14 bits per heavy atom. The predicted molar refractivity (Wildman–Crippen MR) is 49.3 cm³/mol. The van der Waals surface area contributed by atoms with E-state index in [-0.39, 0.29) is 23.7 Å². The molecule has 4 heteroatoms. The van der Waals surface area contributed by atoms with E-state index < -0.39 is 0 Å². The molecule has 14 heavy (non-hydrogen) atoms. The Morgan fingerprint density at radius 3 is 2.21 bits per heavy atom. The molecule has 0 spiro atoms. The van der Waals surface area contributed by atoms with Crippen LogP contribution >= 0.6 is 0 Å². The van der Waals surface area contributed by atoms with Crippen LogP contribution in [0.2, 0.25) is 0 Å². The topological polar surface area (TPSA) is 49.4 Å². The fourth-order valence-electron chi connectivity index (χ4n) is 2.45. The molecule has 0 unspecified atom stereocenters. The maximum absolute atomic E-state index is 11.8. The number of fused-ring (bicyclic) bond motifs is 1. The van der Waals surface area contributed by atoms with Crippen LogP contribution < -0.4 is 5.32 Å². The second kappa shape index (κ2) is 2.79. The molecule has 3 aliphatic rings. The van der Waals surface area contributed by atoms with Gasteiger partial charge in [-0.15, -0.1) is 0 Å². The molecule has 2 heterocycles. The third-order valence-corrected chi connectivity index (χ3v) is 3.52. The molecular weight excluding hydrogens is 180 g/mol. The van der Waals surface area contributed by atoms with Crippen molar-refractivity contribution >= 4 is 11.8 Å². The molecule has 76 valence electrons. The maximum atomic E-state index is 11.8. The Morgan fingerprint density at radius 2 is 1.71 bits per heavy atom. The van der Waals surface area contributed by atoms with Gasteiger partial charge in [-0.3, -0.25) is 14.5 Å². The molecule has 0 aromatic rings. The van der Waals surface area contributed by atoms with Gasteiger partial charge in [0.15, 0.2) is 0 Å². The first-order valence-electron chi connectivity index (χ1n) is 5.33. The summed E-state index contributed by atoms with van der Waals surface area (Å²) in [6.07, 6.45) is 2.37. The molecule has 2 atom stereocenters. The highest BCUT2D eigenvalue weighted by atomic mass is 16.2. The molecular formula is C10H14N2O2. The van der Waals surface area contributed by atoms with E-state index in [4.69, 9.17) is 0 Å². The van der Waals surface area contributed by atoms with Gasteiger partial charge in [-0.2, -0.15) is 0 Å². The van der Waals surface area contributed by atoms with Gasteiger partial charge in [0.05, 0.1) is 11.8 Å². The number of carbonyl (C=O) groups excluding carboxylic acids is 2. The number of carbonyl (C=O) groups is 2. The lowest BCUT2D eigenvalue weighted by Crippen LogP contribution is -2.36. The third-order valence-electron chi connectivity index (χ3n) is 3.52. The van der Waals surface area contributed by atoms with Crippen LogP contribution in [0.4, 0.5) is 0 Å². The Labute approximate surface area is 82.6 Å². The maximum Gasteiger partial charge on any atom is 0.234 e. The Kier molecular flexibility index (Phi) is 1.68. The molecule has 1 N–H and O–H groups in total. The van der Waals surface area contributed by atoms with Crippen LogP contribution in [0.3, 0.4) is 0 Å². The highest BCUT2D eigenvalue weighted by Crippen LogP contribution is 2.35. The summed E-state index contributed by atoms with van der Waals surface area (Å²) in [6, 6.07) is 0. The SMILES string of the molecule is O=C1[C@H]2CNC[C@@H]2C(=O)N1CC1CC1. The van der Waals surface area contributed by atoms with Crippen molar-refractivity contribution in [1.82, 2.24) is 10.2 Å². The van der Waals surface area contributed by atoms with Crippen LogP contribution in [0, 0.1) is 17.8 Å². The van der Waals surface area contributed by atoms with Crippen LogP contribution in [0.1, 0.15) is 12.8 Å². The highest BCUT2D eigenvalue weighted by Gasteiger charge is 2.50. The zero-order valence-corrected chi connectivity index (χ0v) is 8.03. The number of likely N-dealkylation sites (tertiary alicyclic amines) is 1. The standard InChI is InChI=1S/C10H14N2O2/c13-9-7-3-11-4-8(7)10(14)12(9)5-6-1-2-6/h6-8,11H,1-5H2/t7-,8-/m0/s1. The minimum atomic E-state index is -0.0544. The average Bonchev–Trinajstić information content (AvgIpc) is 2.80. The van der Waals surface area contributed by atoms with Crippen LogP contribution in [-0.4, -0.2) is 36.3 Å². The first-order valence-corrected chi connectivity index (χ1v) is 5.33. The van der Waals surface area contributed by atoms with Gasteiger partial charge in [-0.1, -0.05) is 0 Å². The molecule has 0 aromatic heterocycles. The molecule has 0 radical (unpaired) electrons. The molecule has 1 saturated carbocycles. The van der Waals surface area contributed by atoms with Crippen molar-refractivity contribution in [3.8, 4) is 0 Å². The van der Waals surface area contributed by atoms with E-state index in [1.807, 2.05) is 0 Å². The largest absolute Gasteiger partial charge is 0.315 e. The summed E-state index contributed by atoms with van der Waals surface area (Å²) in [6.45, 7) is 2.07. The summed E-state index contributed by atoms with van der Waals surface area (Å²) in [5, 5.41) is 3.11. The molecule has 3 rings (SSSR count). The molecule has 2 saturated heterocycles.